The molecule has 4 heteroatoms. The molecule has 0 saturated heterocycles. The molecule has 1 N–H and O–H groups in total. The van der Waals surface area contributed by atoms with E-state index >= 15 is 0 Å². The standard InChI is InChI=1S/C11H13ClN2O/c1-11(2,3)14-10-13-8-5-4-7(12)6-9(8)15-10/h4-6H,1-3H3,(H,13,14). The Hall–Kier alpha value is -1.22. The van der Waals surface area contributed by atoms with Gasteiger partial charge in [-0.2, -0.15) is 4.98 Å². The lowest BCUT2D eigenvalue weighted by atomic mass is 10.1. The number of hydrogen-bond acceptors (Lipinski definition) is 3. The fourth-order valence-corrected chi connectivity index (χ4v) is 1.43. The number of anilines is 1. The van der Waals surface area contributed by atoms with Gasteiger partial charge in [-0.15, -0.1) is 0 Å². The first-order chi connectivity index (χ1) is 6.94. The second-order valence-electron chi connectivity index (χ2n) is 4.51. The minimum Gasteiger partial charge on any atom is -0.423 e. The van der Waals surface area contributed by atoms with Gasteiger partial charge < -0.3 is 9.73 Å². The molecular formula is C11H13ClN2O. The number of fused-ring (bicyclic) bond motifs is 1. The summed E-state index contributed by atoms with van der Waals surface area (Å²) in [6, 6.07) is 5.93. The average molecular weight is 225 g/mol. The first kappa shape index (κ1) is 10.3. The van der Waals surface area contributed by atoms with Crippen LogP contribution in [-0.4, -0.2) is 10.5 Å². The van der Waals surface area contributed by atoms with Crippen LogP contribution in [0.1, 0.15) is 20.8 Å². The molecule has 1 aromatic heterocycles. The first-order valence-electron chi connectivity index (χ1n) is 4.78. The van der Waals surface area contributed by atoms with Crippen LogP contribution in [0.25, 0.3) is 11.1 Å². The summed E-state index contributed by atoms with van der Waals surface area (Å²) in [5, 5.41) is 3.82. The summed E-state index contributed by atoms with van der Waals surface area (Å²) in [4.78, 5) is 4.30. The van der Waals surface area contributed by atoms with E-state index in [0.717, 1.165) is 5.52 Å². The summed E-state index contributed by atoms with van der Waals surface area (Å²) in [7, 11) is 0. The van der Waals surface area contributed by atoms with Crippen LogP contribution in [0.5, 0.6) is 0 Å². The zero-order valence-electron chi connectivity index (χ0n) is 8.97. The zero-order chi connectivity index (χ0) is 11.1. The number of halogens is 1. The smallest absolute Gasteiger partial charge is 0.296 e. The van der Waals surface area contributed by atoms with Gasteiger partial charge in [-0.05, 0) is 32.9 Å². The van der Waals surface area contributed by atoms with E-state index in [1.807, 2.05) is 6.07 Å². The summed E-state index contributed by atoms with van der Waals surface area (Å²) >= 11 is 5.85. The van der Waals surface area contributed by atoms with Gasteiger partial charge in [0.05, 0.1) is 0 Å². The van der Waals surface area contributed by atoms with Crippen molar-refractivity contribution >= 4 is 28.7 Å². The molecule has 2 aromatic rings. The number of benzene rings is 1. The Kier molecular flexibility index (Phi) is 2.35. The maximum Gasteiger partial charge on any atom is 0.296 e. The van der Waals surface area contributed by atoms with E-state index in [1.165, 1.54) is 0 Å². The molecule has 15 heavy (non-hydrogen) atoms. The Morgan fingerprint density at radius 1 is 1.33 bits per heavy atom. The van der Waals surface area contributed by atoms with E-state index in [-0.39, 0.29) is 5.54 Å². The zero-order valence-corrected chi connectivity index (χ0v) is 9.72. The van der Waals surface area contributed by atoms with Gasteiger partial charge in [0, 0.05) is 16.6 Å². The molecular weight excluding hydrogens is 212 g/mol. The number of nitrogens with one attached hydrogen (secondary N) is 1. The molecule has 0 aliphatic heterocycles. The third kappa shape index (κ3) is 2.42. The molecule has 0 radical (unpaired) electrons. The minimum atomic E-state index is -0.0648. The van der Waals surface area contributed by atoms with Crippen LogP contribution in [-0.2, 0) is 0 Å². The van der Waals surface area contributed by atoms with Crippen molar-refractivity contribution in [3.63, 3.8) is 0 Å². The molecule has 0 fully saturated rings. The number of hydrogen-bond donors (Lipinski definition) is 1. The predicted molar refractivity (Wildman–Crippen MR) is 62.4 cm³/mol. The predicted octanol–water partition coefficient (Wildman–Crippen LogP) is 3.69. The highest BCUT2D eigenvalue weighted by Crippen LogP contribution is 2.23. The molecule has 80 valence electrons. The second kappa shape index (κ2) is 3.42. The maximum absolute atomic E-state index is 5.85. The fraction of sp³-hybridized carbons (Fsp3) is 0.364. The third-order valence-electron chi connectivity index (χ3n) is 1.83. The number of aromatic nitrogens is 1. The van der Waals surface area contributed by atoms with E-state index in [0.29, 0.717) is 16.6 Å². The lowest BCUT2D eigenvalue weighted by Gasteiger charge is -2.18. The molecule has 0 saturated carbocycles. The molecule has 0 aliphatic rings. The Labute approximate surface area is 93.4 Å². The Balaban J connectivity index is 2.39. The van der Waals surface area contributed by atoms with Gasteiger partial charge in [0.1, 0.15) is 5.52 Å². The van der Waals surface area contributed by atoms with E-state index in [2.05, 4.69) is 31.1 Å². The fourth-order valence-electron chi connectivity index (χ4n) is 1.27. The normalized spacial score (nSPS) is 12.0. The Morgan fingerprint density at radius 3 is 2.73 bits per heavy atom. The lowest BCUT2D eigenvalue weighted by Crippen LogP contribution is -2.26. The van der Waals surface area contributed by atoms with Gasteiger partial charge in [0.2, 0.25) is 0 Å². The molecule has 2 rings (SSSR count). The van der Waals surface area contributed by atoms with Crippen molar-refractivity contribution in [1.29, 1.82) is 0 Å². The largest absolute Gasteiger partial charge is 0.423 e. The van der Waals surface area contributed by atoms with E-state index in [4.69, 9.17) is 16.0 Å². The molecule has 0 bridgehead atoms. The Morgan fingerprint density at radius 2 is 2.07 bits per heavy atom. The van der Waals surface area contributed by atoms with Crippen molar-refractivity contribution in [3.05, 3.63) is 23.2 Å². The van der Waals surface area contributed by atoms with Crippen molar-refractivity contribution in [1.82, 2.24) is 4.98 Å². The van der Waals surface area contributed by atoms with Gasteiger partial charge >= 0.3 is 0 Å². The van der Waals surface area contributed by atoms with Crippen LogP contribution in [0.15, 0.2) is 22.6 Å². The van der Waals surface area contributed by atoms with Gasteiger partial charge in [0.25, 0.3) is 6.01 Å². The topological polar surface area (TPSA) is 38.1 Å². The van der Waals surface area contributed by atoms with Crippen LogP contribution >= 0.6 is 11.6 Å². The van der Waals surface area contributed by atoms with E-state index < -0.39 is 0 Å². The number of oxazole rings is 1. The average Bonchev–Trinajstić information content (AvgIpc) is 2.42. The molecule has 3 nitrogen and oxygen atoms in total. The minimum absolute atomic E-state index is 0.0648. The highest BCUT2D eigenvalue weighted by Gasteiger charge is 2.13. The molecule has 0 spiro atoms. The monoisotopic (exact) mass is 224 g/mol. The first-order valence-corrected chi connectivity index (χ1v) is 5.16. The summed E-state index contributed by atoms with van der Waals surface area (Å²) in [5.41, 5.74) is 1.45. The Bertz CT molecular complexity index is 485. The molecule has 0 aliphatic carbocycles. The molecule has 0 atom stereocenters. The number of rotatable bonds is 1. The lowest BCUT2D eigenvalue weighted by molar-refractivity contribution is 0.555. The van der Waals surface area contributed by atoms with Crippen LogP contribution in [0.4, 0.5) is 6.01 Å². The van der Waals surface area contributed by atoms with E-state index in [9.17, 15) is 0 Å². The van der Waals surface area contributed by atoms with Crippen LogP contribution in [0.3, 0.4) is 0 Å². The third-order valence-corrected chi connectivity index (χ3v) is 2.07. The second-order valence-corrected chi connectivity index (χ2v) is 4.94. The summed E-state index contributed by atoms with van der Waals surface area (Å²) < 4.78 is 5.52. The van der Waals surface area contributed by atoms with Crippen molar-refractivity contribution in [2.45, 2.75) is 26.3 Å². The van der Waals surface area contributed by atoms with Gasteiger partial charge in [-0.1, -0.05) is 11.6 Å². The van der Waals surface area contributed by atoms with Crippen molar-refractivity contribution < 1.29 is 4.42 Å². The van der Waals surface area contributed by atoms with Crippen LogP contribution < -0.4 is 5.32 Å². The molecule has 0 amide bonds. The SMILES string of the molecule is CC(C)(C)Nc1nc2ccc(Cl)cc2o1. The summed E-state index contributed by atoms with van der Waals surface area (Å²) in [6.45, 7) is 6.15. The van der Waals surface area contributed by atoms with Crippen LogP contribution in [0.2, 0.25) is 5.02 Å². The summed E-state index contributed by atoms with van der Waals surface area (Å²) in [6.07, 6.45) is 0. The maximum atomic E-state index is 5.85. The molecule has 1 aromatic carbocycles. The van der Waals surface area contributed by atoms with Crippen molar-refractivity contribution in [2.24, 2.45) is 0 Å². The molecule has 1 heterocycles. The van der Waals surface area contributed by atoms with Crippen molar-refractivity contribution in [2.75, 3.05) is 5.32 Å². The van der Waals surface area contributed by atoms with E-state index in [1.54, 1.807) is 12.1 Å². The highest BCUT2D eigenvalue weighted by molar-refractivity contribution is 6.31. The van der Waals surface area contributed by atoms with Gasteiger partial charge in [-0.3, -0.25) is 0 Å². The quantitative estimate of drug-likeness (QED) is 0.803. The van der Waals surface area contributed by atoms with Gasteiger partial charge in [-0.25, -0.2) is 0 Å². The highest BCUT2D eigenvalue weighted by atomic mass is 35.5. The summed E-state index contributed by atoms with van der Waals surface area (Å²) in [5.74, 6) is 0. The number of nitrogens with zero attached hydrogens (tertiary/aromatic N) is 1. The van der Waals surface area contributed by atoms with Crippen LogP contribution in [0, 0.1) is 0 Å². The molecule has 0 unspecified atom stereocenters. The van der Waals surface area contributed by atoms with Crippen molar-refractivity contribution in [3.8, 4) is 0 Å². The van der Waals surface area contributed by atoms with Gasteiger partial charge in [0.15, 0.2) is 5.58 Å².